The van der Waals surface area contributed by atoms with E-state index in [9.17, 15) is 9.18 Å². The second kappa shape index (κ2) is 8.34. The zero-order valence-electron chi connectivity index (χ0n) is 16.4. The molecule has 2 fully saturated rings. The highest BCUT2D eigenvalue weighted by atomic mass is 19.1. The van der Waals surface area contributed by atoms with E-state index in [0.717, 1.165) is 44.3 Å². The third-order valence-electron chi connectivity index (χ3n) is 6.23. The summed E-state index contributed by atoms with van der Waals surface area (Å²) in [7, 11) is 0. The topological polar surface area (TPSA) is 53.3 Å². The average Bonchev–Trinajstić information content (AvgIpc) is 2.74. The molecule has 2 saturated heterocycles. The fraction of sp³-hybridized carbons (Fsp3) is 0.417. The highest BCUT2D eigenvalue weighted by Gasteiger charge is 2.41. The summed E-state index contributed by atoms with van der Waals surface area (Å²) >= 11 is 0. The van der Waals surface area contributed by atoms with Crippen LogP contribution in [0.1, 0.15) is 47.2 Å². The van der Waals surface area contributed by atoms with Crippen molar-refractivity contribution in [3.05, 3.63) is 71.0 Å². The van der Waals surface area contributed by atoms with Gasteiger partial charge in [0, 0.05) is 25.3 Å². The number of nitrogens with zero attached hydrogens (tertiary/aromatic N) is 2. The van der Waals surface area contributed by atoms with E-state index >= 15 is 0 Å². The third kappa shape index (κ3) is 4.49. The number of nitriles is 1. The molecule has 0 saturated carbocycles. The summed E-state index contributed by atoms with van der Waals surface area (Å²) < 4.78 is 19.7. The molecule has 1 atom stereocenters. The summed E-state index contributed by atoms with van der Waals surface area (Å²) in [5.41, 5.74) is 2.05. The van der Waals surface area contributed by atoms with Gasteiger partial charge in [-0.25, -0.2) is 4.39 Å². The van der Waals surface area contributed by atoms with Crippen LogP contribution in [0, 0.1) is 23.1 Å². The molecular weight excluding hydrogens is 367 g/mol. The molecule has 0 aliphatic carbocycles. The van der Waals surface area contributed by atoms with Crippen LogP contribution in [-0.4, -0.2) is 36.1 Å². The van der Waals surface area contributed by atoms with Crippen LogP contribution >= 0.6 is 0 Å². The van der Waals surface area contributed by atoms with E-state index in [4.69, 9.17) is 10.00 Å². The van der Waals surface area contributed by atoms with Crippen LogP contribution in [0.4, 0.5) is 4.39 Å². The number of hydrogen-bond acceptors (Lipinski definition) is 3. The molecule has 0 N–H and O–H groups in total. The first-order valence-corrected chi connectivity index (χ1v) is 10.2. The number of likely N-dealkylation sites (tertiary alicyclic amines) is 1. The Hall–Kier alpha value is -2.71. The Balaban J connectivity index is 1.36. The molecule has 2 aromatic carbocycles. The van der Waals surface area contributed by atoms with Gasteiger partial charge in [-0.05, 0) is 80.0 Å². The summed E-state index contributed by atoms with van der Waals surface area (Å²) in [6.45, 7) is 2.07. The predicted molar refractivity (Wildman–Crippen MR) is 108 cm³/mol. The number of benzene rings is 2. The number of rotatable bonds is 3. The van der Waals surface area contributed by atoms with Crippen LogP contribution in [0.15, 0.2) is 48.5 Å². The average molecular weight is 392 g/mol. The highest BCUT2D eigenvalue weighted by Crippen LogP contribution is 2.39. The Kier molecular flexibility index (Phi) is 5.64. The summed E-state index contributed by atoms with van der Waals surface area (Å²) in [5, 5.41) is 8.91. The van der Waals surface area contributed by atoms with Gasteiger partial charge < -0.3 is 9.64 Å². The van der Waals surface area contributed by atoms with Crippen molar-refractivity contribution in [1.82, 2.24) is 4.90 Å². The van der Waals surface area contributed by atoms with Gasteiger partial charge in [0.1, 0.15) is 5.82 Å². The summed E-state index contributed by atoms with van der Waals surface area (Å²) in [6, 6.07) is 15.7. The van der Waals surface area contributed by atoms with Gasteiger partial charge in [-0.2, -0.15) is 5.26 Å². The summed E-state index contributed by atoms with van der Waals surface area (Å²) in [5.74, 6) is 0.307. The first kappa shape index (κ1) is 19.6. The quantitative estimate of drug-likeness (QED) is 0.781. The van der Waals surface area contributed by atoms with Gasteiger partial charge in [-0.15, -0.1) is 0 Å². The van der Waals surface area contributed by atoms with Crippen LogP contribution in [0.25, 0.3) is 0 Å². The van der Waals surface area contributed by atoms with E-state index in [2.05, 4.69) is 6.07 Å². The number of hydrogen-bond donors (Lipinski definition) is 0. The van der Waals surface area contributed by atoms with Crippen LogP contribution in [0.2, 0.25) is 0 Å². The lowest BCUT2D eigenvalue weighted by molar-refractivity contribution is -0.123. The van der Waals surface area contributed by atoms with Crippen LogP contribution in [0.5, 0.6) is 0 Å². The summed E-state index contributed by atoms with van der Waals surface area (Å²) in [4.78, 5) is 14.7. The van der Waals surface area contributed by atoms with Crippen molar-refractivity contribution in [2.75, 3.05) is 19.7 Å². The molecule has 2 aliphatic rings. The number of halogens is 1. The van der Waals surface area contributed by atoms with Gasteiger partial charge in [0.25, 0.3) is 5.91 Å². The van der Waals surface area contributed by atoms with Gasteiger partial charge >= 0.3 is 0 Å². The van der Waals surface area contributed by atoms with Gasteiger partial charge in [-0.1, -0.05) is 12.1 Å². The predicted octanol–water partition coefficient (Wildman–Crippen LogP) is 4.34. The number of ether oxygens (including phenoxy) is 1. The molecule has 1 amide bonds. The minimum absolute atomic E-state index is 0.0106. The van der Waals surface area contributed by atoms with Crippen molar-refractivity contribution in [3.63, 3.8) is 0 Å². The van der Waals surface area contributed by atoms with Crippen molar-refractivity contribution in [3.8, 4) is 6.07 Å². The number of carbonyl (C=O) groups is 1. The van der Waals surface area contributed by atoms with E-state index in [1.165, 1.54) is 6.07 Å². The molecule has 2 aliphatic heterocycles. The standard InChI is InChI=1S/C24H25FN2O2/c25-22-3-1-2-19(15-22)14-20-8-13-29-24(16-20)9-11-27(12-10-24)23(28)21-6-4-18(17-26)5-7-21/h1-7,15,20H,8-14,16H2. The van der Waals surface area contributed by atoms with Gasteiger partial charge in [0.05, 0.1) is 17.2 Å². The first-order chi connectivity index (χ1) is 14.1. The van der Waals surface area contributed by atoms with Crippen molar-refractivity contribution < 1.29 is 13.9 Å². The van der Waals surface area contributed by atoms with Crippen LogP contribution in [-0.2, 0) is 11.2 Å². The number of carbonyl (C=O) groups excluding carboxylic acids is 1. The lowest BCUT2D eigenvalue weighted by atomic mass is 9.77. The molecule has 0 bridgehead atoms. The Morgan fingerprint density at radius 3 is 2.66 bits per heavy atom. The number of piperidine rings is 1. The van der Waals surface area contributed by atoms with Crippen molar-refractivity contribution in [2.45, 2.75) is 37.7 Å². The lowest BCUT2D eigenvalue weighted by Gasteiger charge is -2.46. The lowest BCUT2D eigenvalue weighted by Crippen LogP contribution is -2.51. The molecule has 0 radical (unpaired) electrons. The fourth-order valence-corrected chi connectivity index (χ4v) is 4.64. The molecule has 29 heavy (non-hydrogen) atoms. The zero-order valence-corrected chi connectivity index (χ0v) is 16.4. The Labute approximate surface area is 170 Å². The second-order valence-corrected chi connectivity index (χ2v) is 8.21. The third-order valence-corrected chi connectivity index (χ3v) is 6.23. The molecule has 4 rings (SSSR count). The maximum Gasteiger partial charge on any atom is 0.253 e. The fourth-order valence-electron chi connectivity index (χ4n) is 4.64. The molecule has 1 spiro atoms. The van der Waals surface area contributed by atoms with Crippen LogP contribution < -0.4 is 0 Å². The minimum Gasteiger partial charge on any atom is -0.375 e. The number of amides is 1. The Morgan fingerprint density at radius 2 is 1.97 bits per heavy atom. The largest absolute Gasteiger partial charge is 0.375 e. The van der Waals surface area contributed by atoms with Gasteiger partial charge in [0.2, 0.25) is 0 Å². The SMILES string of the molecule is N#Cc1ccc(C(=O)N2CCC3(CC2)CC(Cc2cccc(F)c2)CCO3)cc1. The smallest absolute Gasteiger partial charge is 0.253 e. The molecule has 150 valence electrons. The van der Waals surface area contributed by atoms with Gasteiger partial charge in [-0.3, -0.25) is 4.79 Å². The first-order valence-electron chi connectivity index (χ1n) is 10.2. The maximum absolute atomic E-state index is 13.5. The molecule has 2 aromatic rings. The molecule has 4 nitrogen and oxygen atoms in total. The second-order valence-electron chi connectivity index (χ2n) is 8.21. The molecular formula is C24H25FN2O2. The molecule has 1 unspecified atom stereocenters. The Morgan fingerprint density at radius 1 is 1.21 bits per heavy atom. The highest BCUT2D eigenvalue weighted by molar-refractivity contribution is 5.94. The van der Waals surface area contributed by atoms with E-state index in [1.54, 1.807) is 36.4 Å². The van der Waals surface area contributed by atoms with E-state index in [1.807, 2.05) is 11.0 Å². The van der Waals surface area contributed by atoms with Gasteiger partial charge in [0.15, 0.2) is 0 Å². The molecule has 5 heteroatoms. The maximum atomic E-state index is 13.5. The summed E-state index contributed by atoms with van der Waals surface area (Å²) in [6.07, 6.45) is 4.48. The molecule has 0 aromatic heterocycles. The van der Waals surface area contributed by atoms with Crippen molar-refractivity contribution in [2.24, 2.45) is 5.92 Å². The van der Waals surface area contributed by atoms with Crippen LogP contribution in [0.3, 0.4) is 0 Å². The van der Waals surface area contributed by atoms with E-state index in [0.29, 0.717) is 30.1 Å². The molecule has 2 heterocycles. The minimum atomic E-state index is -0.182. The Bertz CT molecular complexity index is 911. The van der Waals surface area contributed by atoms with E-state index < -0.39 is 0 Å². The normalized spacial score (nSPS) is 21.0. The van der Waals surface area contributed by atoms with Crippen molar-refractivity contribution in [1.29, 1.82) is 5.26 Å². The monoisotopic (exact) mass is 392 g/mol. The van der Waals surface area contributed by atoms with Crippen molar-refractivity contribution >= 4 is 5.91 Å². The zero-order chi connectivity index (χ0) is 20.3. The van der Waals surface area contributed by atoms with E-state index in [-0.39, 0.29) is 17.3 Å².